The Kier molecular flexibility index (Phi) is 4.69. The van der Waals surface area contributed by atoms with Gasteiger partial charge in [0.05, 0.1) is 0 Å². The van der Waals surface area contributed by atoms with Gasteiger partial charge in [-0.25, -0.2) is 0 Å². The predicted octanol–water partition coefficient (Wildman–Crippen LogP) is 3.98. The van der Waals surface area contributed by atoms with Crippen LogP contribution in [-0.2, 0) is 0 Å². The molecule has 0 spiro atoms. The summed E-state index contributed by atoms with van der Waals surface area (Å²) >= 11 is 0. The van der Waals surface area contributed by atoms with Crippen molar-refractivity contribution < 1.29 is 0 Å². The molecule has 1 heteroatoms. The first-order valence-electron chi connectivity index (χ1n) is 7.53. The van der Waals surface area contributed by atoms with E-state index in [2.05, 4.69) is 19.2 Å². The normalized spacial score (nSPS) is 40.1. The molecule has 0 bridgehead atoms. The summed E-state index contributed by atoms with van der Waals surface area (Å²) in [6, 6.07) is 0.839. The van der Waals surface area contributed by atoms with Crippen LogP contribution in [0.3, 0.4) is 0 Å². The fourth-order valence-corrected chi connectivity index (χ4v) is 3.69. The Balaban J connectivity index is 1.68. The summed E-state index contributed by atoms with van der Waals surface area (Å²) in [5.74, 6) is 2.95. The van der Waals surface area contributed by atoms with Gasteiger partial charge in [-0.2, -0.15) is 0 Å². The van der Waals surface area contributed by atoms with E-state index in [4.69, 9.17) is 0 Å². The molecule has 0 aromatic heterocycles. The van der Waals surface area contributed by atoms with Crippen LogP contribution in [0.4, 0.5) is 0 Å². The van der Waals surface area contributed by atoms with Crippen LogP contribution in [-0.4, -0.2) is 12.6 Å². The van der Waals surface area contributed by atoms with Crippen molar-refractivity contribution in [3.05, 3.63) is 0 Å². The van der Waals surface area contributed by atoms with Gasteiger partial charge in [-0.3, -0.25) is 0 Å². The summed E-state index contributed by atoms with van der Waals surface area (Å²) < 4.78 is 0. The summed E-state index contributed by atoms with van der Waals surface area (Å²) in [7, 11) is 0. The van der Waals surface area contributed by atoms with Gasteiger partial charge >= 0.3 is 0 Å². The van der Waals surface area contributed by atoms with E-state index >= 15 is 0 Å². The molecule has 2 aliphatic rings. The topological polar surface area (TPSA) is 12.0 Å². The van der Waals surface area contributed by atoms with Crippen molar-refractivity contribution in [3.63, 3.8) is 0 Å². The molecule has 0 amide bonds. The van der Waals surface area contributed by atoms with Crippen molar-refractivity contribution in [2.24, 2.45) is 17.8 Å². The highest BCUT2D eigenvalue weighted by Gasteiger charge is 2.25. The van der Waals surface area contributed by atoms with Crippen molar-refractivity contribution in [2.75, 3.05) is 6.54 Å². The number of hydrogen-bond acceptors (Lipinski definition) is 1. The Morgan fingerprint density at radius 3 is 2.56 bits per heavy atom. The van der Waals surface area contributed by atoms with E-state index in [0.29, 0.717) is 0 Å². The minimum atomic E-state index is 0.839. The second-order valence-corrected chi connectivity index (χ2v) is 6.21. The van der Waals surface area contributed by atoms with Crippen LogP contribution in [0.25, 0.3) is 0 Å². The molecule has 2 fully saturated rings. The maximum absolute atomic E-state index is 3.86. The first-order valence-corrected chi connectivity index (χ1v) is 7.53. The second kappa shape index (κ2) is 6.05. The first-order chi connectivity index (χ1) is 7.79. The van der Waals surface area contributed by atoms with Crippen molar-refractivity contribution in [3.8, 4) is 0 Å². The monoisotopic (exact) mass is 223 g/mol. The molecule has 1 nitrogen and oxygen atoms in total. The summed E-state index contributed by atoms with van der Waals surface area (Å²) in [5, 5.41) is 3.86. The number of rotatable bonds is 4. The Labute approximate surface area is 101 Å². The minimum absolute atomic E-state index is 0.839. The Bertz CT molecular complexity index is 202. The molecule has 0 aliphatic heterocycles. The average molecular weight is 223 g/mol. The lowest BCUT2D eigenvalue weighted by atomic mass is 9.84. The molecule has 94 valence electrons. The second-order valence-electron chi connectivity index (χ2n) is 6.21. The molecule has 2 aliphatic carbocycles. The molecule has 0 radical (unpaired) electrons. The Morgan fingerprint density at radius 2 is 1.88 bits per heavy atom. The molecule has 4 unspecified atom stereocenters. The summed E-state index contributed by atoms with van der Waals surface area (Å²) in [4.78, 5) is 0. The smallest absolute Gasteiger partial charge is 0.00698 e. The maximum atomic E-state index is 3.86. The van der Waals surface area contributed by atoms with Gasteiger partial charge in [0.2, 0.25) is 0 Å². The lowest BCUT2D eigenvalue weighted by molar-refractivity contribution is 0.261. The minimum Gasteiger partial charge on any atom is -0.314 e. The van der Waals surface area contributed by atoms with Gasteiger partial charge in [0, 0.05) is 6.04 Å². The molecule has 0 aromatic carbocycles. The zero-order valence-corrected chi connectivity index (χ0v) is 11.2. The molecule has 1 N–H and O–H groups in total. The SMILES string of the molecule is CCC1CCCC(NCC2CCCC2C)C1. The fourth-order valence-electron chi connectivity index (χ4n) is 3.69. The average Bonchev–Trinajstić information content (AvgIpc) is 2.72. The van der Waals surface area contributed by atoms with E-state index in [1.807, 2.05) is 0 Å². The molecule has 4 atom stereocenters. The van der Waals surface area contributed by atoms with Gasteiger partial charge in [0.25, 0.3) is 0 Å². The van der Waals surface area contributed by atoms with Gasteiger partial charge in [-0.1, -0.05) is 46.0 Å². The third-order valence-electron chi connectivity index (χ3n) is 5.07. The van der Waals surface area contributed by atoms with Crippen molar-refractivity contribution in [1.82, 2.24) is 5.32 Å². The molecular formula is C15H29N. The van der Waals surface area contributed by atoms with Crippen LogP contribution >= 0.6 is 0 Å². The molecule has 2 saturated carbocycles. The van der Waals surface area contributed by atoms with Gasteiger partial charge in [0.15, 0.2) is 0 Å². The lowest BCUT2D eigenvalue weighted by Gasteiger charge is -2.30. The van der Waals surface area contributed by atoms with E-state index in [-0.39, 0.29) is 0 Å². The maximum Gasteiger partial charge on any atom is 0.00698 e. The predicted molar refractivity (Wildman–Crippen MR) is 70.5 cm³/mol. The van der Waals surface area contributed by atoms with E-state index in [9.17, 15) is 0 Å². The van der Waals surface area contributed by atoms with E-state index in [1.54, 1.807) is 0 Å². The quantitative estimate of drug-likeness (QED) is 0.760. The Hall–Kier alpha value is -0.0400. The van der Waals surface area contributed by atoms with Crippen LogP contribution in [0.2, 0.25) is 0 Å². The highest BCUT2D eigenvalue weighted by Crippen LogP contribution is 2.31. The van der Waals surface area contributed by atoms with Crippen molar-refractivity contribution in [1.29, 1.82) is 0 Å². The standard InChI is InChI=1S/C15H29N/c1-3-13-7-5-9-15(10-13)16-11-14-8-4-6-12(14)2/h12-16H,3-11H2,1-2H3. The largest absolute Gasteiger partial charge is 0.314 e. The third-order valence-corrected chi connectivity index (χ3v) is 5.07. The van der Waals surface area contributed by atoms with Crippen LogP contribution in [0.1, 0.15) is 65.2 Å². The molecule has 2 rings (SSSR count). The summed E-state index contributed by atoms with van der Waals surface area (Å²) in [5.41, 5.74) is 0. The van der Waals surface area contributed by atoms with Crippen LogP contribution in [0.15, 0.2) is 0 Å². The molecule has 16 heavy (non-hydrogen) atoms. The molecule has 0 aromatic rings. The summed E-state index contributed by atoms with van der Waals surface area (Å²) in [6.45, 7) is 6.09. The first kappa shape index (κ1) is 12.4. The number of nitrogens with one attached hydrogen (secondary N) is 1. The van der Waals surface area contributed by atoms with Gasteiger partial charge in [0.1, 0.15) is 0 Å². The van der Waals surface area contributed by atoms with E-state index in [0.717, 1.165) is 23.8 Å². The molecular weight excluding hydrogens is 194 g/mol. The highest BCUT2D eigenvalue weighted by atomic mass is 14.9. The van der Waals surface area contributed by atoms with Crippen LogP contribution in [0, 0.1) is 17.8 Å². The molecule has 0 saturated heterocycles. The van der Waals surface area contributed by atoms with Gasteiger partial charge in [-0.15, -0.1) is 0 Å². The van der Waals surface area contributed by atoms with E-state index in [1.165, 1.54) is 57.9 Å². The third kappa shape index (κ3) is 3.23. The van der Waals surface area contributed by atoms with Crippen LogP contribution < -0.4 is 5.32 Å². The highest BCUT2D eigenvalue weighted by molar-refractivity contribution is 4.81. The zero-order chi connectivity index (χ0) is 11.4. The lowest BCUT2D eigenvalue weighted by Crippen LogP contribution is -2.37. The van der Waals surface area contributed by atoms with Crippen molar-refractivity contribution in [2.45, 2.75) is 71.3 Å². The number of hydrogen-bond donors (Lipinski definition) is 1. The van der Waals surface area contributed by atoms with E-state index < -0.39 is 0 Å². The van der Waals surface area contributed by atoms with Gasteiger partial charge < -0.3 is 5.32 Å². The van der Waals surface area contributed by atoms with Crippen molar-refractivity contribution >= 4 is 0 Å². The summed E-state index contributed by atoms with van der Waals surface area (Å²) in [6.07, 6.45) is 11.6. The van der Waals surface area contributed by atoms with Crippen LogP contribution in [0.5, 0.6) is 0 Å². The van der Waals surface area contributed by atoms with Gasteiger partial charge in [-0.05, 0) is 43.6 Å². The Morgan fingerprint density at radius 1 is 1.06 bits per heavy atom. The molecule has 0 heterocycles. The zero-order valence-electron chi connectivity index (χ0n) is 11.2. The fraction of sp³-hybridized carbons (Fsp3) is 1.00.